The Morgan fingerprint density at radius 3 is 2.43 bits per heavy atom. The number of hydrogen-bond acceptors (Lipinski definition) is 5. The first-order valence-corrected chi connectivity index (χ1v) is 6.60. The first-order valence-electron chi connectivity index (χ1n) is 6.60. The van der Waals surface area contributed by atoms with Crippen molar-refractivity contribution in [2.75, 3.05) is 7.11 Å². The van der Waals surface area contributed by atoms with Crippen LogP contribution in [0.1, 0.15) is 21.5 Å². The van der Waals surface area contributed by atoms with Gasteiger partial charge in [-0.15, -0.1) is 0 Å². The van der Waals surface area contributed by atoms with Gasteiger partial charge >= 0.3 is 5.97 Å². The number of nitrogens with zero attached hydrogens (tertiary/aromatic N) is 2. The van der Waals surface area contributed by atoms with Crippen LogP contribution in [0.15, 0.2) is 48.5 Å². The van der Waals surface area contributed by atoms with Gasteiger partial charge in [-0.05, 0) is 35.4 Å². The van der Waals surface area contributed by atoms with Crippen molar-refractivity contribution in [3.05, 3.63) is 75.3 Å². The molecule has 2 aromatic rings. The van der Waals surface area contributed by atoms with Crippen LogP contribution in [0.2, 0.25) is 0 Å². The van der Waals surface area contributed by atoms with Crippen LogP contribution in [-0.2, 0) is 4.74 Å². The number of carbonyl (C=O) groups is 1. The van der Waals surface area contributed by atoms with E-state index < -0.39 is 10.9 Å². The summed E-state index contributed by atoms with van der Waals surface area (Å²) in [6.07, 6.45) is 1.55. The number of rotatable bonds is 4. The third-order valence-electron chi connectivity index (χ3n) is 3.18. The summed E-state index contributed by atoms with van der Waals surface area (Å²) in [7, 11) is 1.28. The van der Waals surface area contributed by atoms with Crippen LogP contribution in [-0.4, -0.2) is 18.0 Å². The zero-order valence-corrected chi connectivity index (χ0v) is 12.2. The largest absolute Gasteiger partial charge is 0.465 e. The maximum absolute atomic E-state index is 11.8. The number of hydrogen-bond donors (Lipinski definition) is 0. The second kappa shape index (κ2) is 7.00. The zero-order valence-electron chi connectivity index (χ0n) is 12.2. The maximum Gasteiger partial charge on any atom is 0.338 e. The van der Waals surface area contributed by atoms with Crippen molar-refractivity contribution in [1.29, 1.82) is 5.26 Å². The molecule has 23 heavy (non-hydrogen) atoms. The van der Waals surface area contributed by atoms with Crippen molar-refractivity contribution in [3.63, 3.8) is 0 Å². The molecule has 0 radical (unpaired) electrons. The molecule has 0 amide bonds. The predicted molar refractivity (Wildman–Crippen MR) is 84.4 cm³/mol. The number of carbonyl (C=O) groups excluding carboxylic acids is 1. The lowest BCUT2D eigenvalue weighted by Gasteiger charge is -2.05. The minimum Gasteiger partial charge on any atom is -0.465 e. The first kappa shape index (κ1) is 15.9. The molecule has 0 heterocycles. The van der Waals surface area contributed by atoms with E-state index in [1.54, 1.807) is 30.3 Å². The van der Waals surface area contributed by atoms with Crippen LogP contribution in [0, 0.1) is 21.4 Å². The van der Waals surface area contributed by atoms with Gasteiger partial charge in [0, 0.05) is 12.1 Å². The van der Waals surface area contributed by atoms with E-state index in [0.29, 0.717) is 16.7 Å². The topological polar surface area (TPSA) is 93.2 Å². The van der Waals surface area contributed by atoms with E-state index in [0.717, 1.165) is 0 Å². The van der Waals surface area contributed by atoms with Gasteiger partial charge in [-0.25, -0.2) is 4.79 Å². The van der Waals surface area contributed by atoms with Crippen molar-refractivity contribution in [2.45, 2.75) is 0 Å². The van der Waals surface area contributed by atoms with Gasteiger partial charge in [-0.3, -0.25) is 10.1 Å². The number of allylic oxidation sites excluding steroid dienone is 1. The molecule has 2 rings (SSSR count). The molecule has 0 bridgehead atoms. The fourth-order valence-corrected chi connectivity index (χ4v) is 2.02. The molecule has 0 saturated carbocycles. The molecule has 0 N–H and O–H groups in total. The highest BCUT2D eigenvalue weighted by Gasteiger charge is 2.11. The van der Waals surface area contributed by atoms with Crippen LogP contribution in [0.5, 0.6) is 0 Å². The van der Waals surface area contributed by atoms with E-state index in [1.165, 1.54) is 31.4 Å². The summed E-state index contributed by atoms with van der Waals surface area (Å²) >= 11 is 0. The molecule has 0 spiro atoms. The molecule has 0 aliphatic carbocycles. The Morgan fingerprint density at radius 1 is 1.22 bits per heavy atom. The molecule has 114 valence electrons. The number of nitro benzene ring substituents is 1. The number of benzene rings is 2. The van der Waals surface area contributed by atoms with Crippen molar-refractivity contribution in [2.24, 2.45) is 0 Å². The predicted octanol–water partition coefficient (Wildman–Crippen LogP) is 3.45. The first-order chi connectivity index (χ1) is 11.1. The molecule has 6 heteroatoms. The van der Waals surface area contributed by atoms with Crippen LogP contribution in [0.4, 0.5) is 5.69 Å². The molecule has 0 fully saturated rings. The summed E-state index contributed by atoms with van der Waals surface area (Å²) in [6.45, 7) is 0. The molecular formula is C17H12N2O4. The molecule has 0 aliphatic rings. The van der Waals surface area contributed by atoms with E-state index >= 15 is 0 Å². The summed E-state index contributed by atoms with van der Waals surface area (Å²) in [5, 5.41) is 20.0. The minimum atomic E-state index is -0.508. The summed E-state index contributed by atoms with van der Waals surface area (Å²) < 4.78 is 4.71. The lowest BCUT2D eigenvalue weighted by Crippen LogP contribution is -2.03. The number of methoxy groups -OCH3 is 1. The number of non-ortho nitro benzene ring substituents is 1. The molecule has 0 saturated heterocycles. The Labute approximate surface area is 132 Å². The van der Waals surface area contributed by atoms with E-state index in [2.05, 4.69) is 0 Å². The number of nitro groups is 1. The zero-order chi connectivity index (χ0) is 16.8. The molecule has 0 aliphatic heterocycles. The van der Waals surface area contributed by atoms with Gasteiger partial charge in [0.25, 0.3) is 5.69 Å². The highest BCUT2D eigenvalue weighted by Crippen LogP contribution is 2.22. The molecule has 0 aromatic heterocycles. The lowest BCUT2D eigenvalue weighted by molar-refractivity contribution is -0.384. The molecule has 6 nitrogen and oxygen atoms in total. The van der Waals surface area contributed by atoms with Gasteiger partial charge in [0.05, 0.1) is 29.2 Å². The Bertz CT molecular complexity index is 817. The Balaban J connectivity index is 2.46. The Morgan fingerprint density at radius 2 is 1.87 bits per heavy atom. The smallest absolute Gasteiger partial charge is 0.338 e. The van der Waals surface area contributed by atoms with E-state index in [-0.39, 0.29) is 11.3 Å². The van der Waals surface area contributed by atoms with Gasteiger partial charge < -0.3 is 4.74 Å². The summed E-state index contributed by atoms with van der Waals surface area (Å²) in [4.78, 5) is 21.9. The second-order valence-electron chi connectivity index (χ2n) is 4.55. The van der Waals surface area contributed by atoms with E-state index in [1.807, 2.05) is 6.07 Å². The van der Waals surface area contributed by atoms with Crippen LogP contribution < -0.4 is 0 Å². The highest BCUT2D eigenvalue weighted by molar-refractivity contribution is 5.98. The summed E-state index contributed by atoms with van der Waals surface area (Å²) in [5.41, 5.74) is 1.63. The van der Waals surface area contributed by atoms with Gasteiger partial charge in [0.2, 0.25) is 0 Å². The van der Waals surface area contributed by atoms with E-state index in [9.17, 15) is 20.2 Å². The number of esters is 1. The quantitative estimate of drug-likeness (QED) is 0.283. The van der Waals surface area contributed by atoms with Gasteiger partial charge in [-0.1, -0.05) is 18.2 Å². The van der Waals surface area contributed by atoms with Crippen LogP contribution >= 0.6 is 0 Å². The van der Waals surface area contributed by atoms with Crippen molar-refractivity contribution in [1.82, 2.24) is 0 Å². The molecule has 0 unspecified atom stereocenters. The minimum absolute atomic E-state index is 0.0546. The molecular weight excluding hydrogens is 296 g/mol. The van der Waals surface area contributed by atoms with Gasteiger partial charge in [0.15, 0.2) is 0 Å². The average Bonchev–Trinajstić information content (AvgIpc) is 2.59. The van der Waals surface area contributed by atoms with E-state index in [4.69, 9.17) is 4.74 Å². The fraction of sp³-hybridized carbons (Fsp3) is 0.0588. The molecule has 0 atom stereocenters. The normalized spacial score (nSPS) is 10.7. The Kier molecular flexibility index (Phi) is 4.85. The highest BCUT2D eigenvalue weighted by atomic mass is 16.6. The second-order valence-corrected chi connectivity index (χ2v) is 4.55. The van der Waals surface area contributed by atoms with Crippen molar-refractivity contribution < 1.29 is 14.5 Å². The molecule has 2 aromatic carbocycles. The number of nitriles is 1. The fourth-order valence-electron chi connectivity index (χ4n) is 2.02. The maximum atomic E-state index is 11.8. The Hall–Kier alpha value is -3.46. The SMILES string of the molecule is COC(=O)c1ccccc1/C=C(\C#N)c1ccc([N+](=O)[O-])cc1. The average molecular weight is 308 g/mol. The third-order valence-corrected chi connectivity index (χ3v) is 3.18. The van der Waals surface area contributed by atoms with Crippen molar-refractivity contribution >= 4 is 23.3 Å². The van der Waals surface area contributed by atoms with Crippen molar-refractivity contribution in [3.8, 4) is 6.07 Å². The monoisotopic (exact) mass is 308 g/mol. The number of ether oxygens (including phenoxy) is 1. The lowest BCUT2D eigenvalue weighted by atomic mass is 10.0. The van der Waals surface area contributed by atoms with Crippen LogP contribution in [0.25, 0.3) is 11.6 Å². The van der Waals surface area contributed by atoms with Gasteiger partial charge in [-0.2, -0.15) is 5.26 Å². The van der Waals surface area contributed by atoms with Gasteiger partial charge in [0.1, 0.15) is 0 Å². The standard InChI is InChI=1S/C17H12N2O4/c1-23-17(20)16-5-3-2-4-13(16)10-14(11-18)12-6-8-15(9-7-12)19(21)22/h2-10H,1H3/b14-10+. The summed E-state index contributed by atoms with van der Waals surface area (Å²) in [6, 6.07) is 14.4. The third kappa shape index (κ3) is 3.60. The van der Waals surface area contributed by atoms with Crippen LogP contribution in [0.3, 0.4) is 0 Å². The summed E-state index contributed by atoms with van der Waals surface area (Å²) in [5.74, 6) is -0.502.